The van der Waals surface area contributed by atoms with E-state index in [1.165, 1.54) is 25.7 Å². The minimum Gasteiger partial charge on any atom is -0.396 e. The molecule has 2 aliphatic carbocycles. The van der Waals surface area contributed by atoms with Gasteiger partial charge in [-0.25, -0.2) is 0 Å². The first-order chi connectivity index (χ1) is 10.2. The van der Waals surface area contributed by atoms with Gasteiger partial charge in [0.2, 0.25) is 0 Å². The fraction of sp³-hybridized carbons (Fsp3) is 0.706. The zero-order valence-corrected chi connectivity index (χ0v) is 12.7. The summed E-state index contributed by atoms with van der Waals surface area (Å²) in [6.07, 6.45) is 11.2. The summed E-state index contributed by atoms with van der Waals surface area (Å²) >= 11 is 0. The smallest absolute Gasteiger partial charge is 0.267 e. The predicted octanol–water partition coefficient (Wildman–Crippen LogP) is 2.89. The van der Waals surface area contributed by atoms with Crippen molar-refractivity contribution in [2.45, 2.75) is 57.4 Å². The average molecular weight is 290 g/mol. The van der Waals surface area contributed by atoms with E-state index in [9.17, 15) is 9.90 Å². The fourth-order valence-electron chi connectivity index (χ4n) is 3.62. The minimum absolute atomic E-state index is 0.00491. The summed E-state index contributed by atoms with van der Waals surface area (Å²) in [5.41, 5.74) is 0.672. The van der Waals surface area contributed by atoms with Crippen LogP contribution in [0.2, 0.25) is 0 Å². The zero-order valence-electron chi connectivity index (χ0n) is 12.7. The van der Waals surface area contributed by atoms with Gasteiger partial charge in [0, 0.05) is 24.2 Å². The van der Waals surface area contributed by atoms with Crippen molar-refractivity contribution in [3.63, 3.8) is 0 Å². The Morgan fingerprint density at radius 3 is 2.67 bits per heavy atom. The lowest BCUT2D eigenvalue weighted by atomic mass is 9.74. The number of carbonyl (C=O) groups is 1. The maximum absolute atomic E-state index is 12.5. The van der Waals surface area contributed by atoms with Crippen LogP contribution < -0.4 is 5.32 Å². The molecule has 1 aromatic rings. The highest BCUT2D eigenvalue weighted by molar-refractivity contribution is 5.92. The van der Waals surface area contributed by atoms with Crippen LogP contribution in [0.3, 0.4) is 0 Å². The molecular formula is C17H26N2O2. The summed E-state index contributed by atoms with van der Waals surface area (Å²) in [5, 5.41) is 12.8. The second-order valence-corrected chi connectivity index (χ2v) is 6.79. The van der Waals surface area contributed by atoms with Crippen LogP contribution >= 0.6 is 0 Å². The summed E-state index contributed by atoms with van der Waals surface area (Å²) < 4.78 is 2.12. The van der Waals surface area contributed by atoms with Gasteiger partial charge in [0.05, 0.1) is 6.61 Å². The fourth-order valence-corrected chi connectivity index (χ4v) is 3.62. The van der Waals surface area contributed by atoms with Gasteiger partial charge in [0.15, 0.2) is 0 Å². The van der Waals surface area contributed by atoms with E-state index in [-0.39, 0.29) is 17.9 Å². The Morgan fingerprint density at radius 2 is 2.05 bits per heavy atom. The van der Waals surface area contributed by atoms with E-state index in [0.717, 1.165) is 31.4 Å². The number of nitrogens with one attached hydrogen (secondary N) is 1. The minimum atomic E-state index is -0.0954. The Bertz CT molecular complexity index is 485. The van der Waals surface area contributed by atoms with Crippen molar-refractivity contribution < 1.29 is 9.90 Å². The number of aliphatic hydroxyl groups is 1. The van der Waals surface area contributed by atoms with Crippen molar-refractivity contribution in [2.24, 2.45) is 5.41 Å². The van der Waals surface area contributed by atoms with Crippen molar-refractivity contribution in [3.05, 3.63) is 24.0 Å². The molecule has 2 fully saturated rings. The van der Waals surface area contributed by atoms with E-state index in [1.807, 2.05) is 18.3 Å². The van der Waals surface area contributed by atoms with Crippen LogP contribution in [-0.2, 0) is 0 Å². The van der Waals surface area contributed by atoms with Crippen LogP contribution in [0.15, 0.2) is 18.3 Å². The first-order valence-corrected chi connectivity index (χ1v) is 8.30. The van der Waals surface area contributed by atoms with Crippen LogP contribution in [0.25, 0.3) is 0 Å². The highest BCUT2D eigenvalue weighted by Gasteiger charge is 2.32. The Balaban J connectivity index is 1.62. The summed E-state index contributed by atoms with van der Waals surface area (Å²) in [4.78, 5) is 12.5. The van der Waals surface area contributed by atoms with Gasteiger partial charge >= 0.3 is 0 Å². The lowest BCUT2D eigenvalue weighted by Crippen LogP contribution is -2.42. The Morgan fingerprint density at radius 1 is 1.29 bits per heavy atom. The molecule has 1 heterocycles. The van der Waals surface area contributed by atoms with Crippen molar-refractivity contribution >= 4 is 5.91 Å². The molecule has 0 spiro atoms. The average Bonchev–Trinajstić information content (AvgIpc) is 2.93. The van der Waals surface area contributed by atoms with Crippen LogP contribution in [-0.4, -0.2) is 28.7 Å². The Kier molecular flexibility index (Phi) is 4.34. The predicted molar refractivity (Wildman–Crippen MR) is 82.3 cm³/mol. The number of amides is 1. The molecule has 0 atom stereocenters. The number of hydrogen-bond donors (Lipinski definition) is 2. The van der Waals surface area contributed by atoms with Crippen molar-refractivity contribution in [1.29, 1.82) is 0 Å². The molecule has 0 aliphatic heterocycles. The zero-order chi connectivity index (χ0) is 14.7. The Hall–Kier alpha value is -1.29. The molecule has 3 rings (SSSR count). The standard InChI is InChI=1S/C17H26N2O2/c20-13-17(9-2-1-3-10-17)12-18-16(21)15-8-5-11-19(15)14-6-4-7-14/h5,8,11,14,20H,1-4,6-7,9-10,12-13H2,(H,18,21). The van der Waals surface area contributed by atoms with E-state index < -0.39 is 0 Å². The molecule has 4 heteroatoms. The van der Waals surface area contributed by atoms with E-state index in [1.54, 1.807) is 0 Å². The summed E-state index contributed by atoms with van der Waals surface area (Å²) in [7, 11) is 0. The van der Waals surface area contributed by atoms with Gasteiger partial charge in [-0.2, -0.15) is 0 Å². The molecule has 2 aliphatic rings. The lowest BCUT2D eigenvalue weighted by Gasteiger charge is -2.36. The van der Waals surface area contributed by atoms with Gasteiger partial charge in [0.25, 0.3) is 5.91 Å². The quantitative estimate of drug-likeness (QED) is 0.876. The number of hydrogen-bond acceptors (Lipinski definition) is 2. The molecule has 0 aromatic carbocycles. The number of nitrogens with zero attached hydrogens (tertiary/aromatic N) is 1. The van der Waals surface area contributed by atoms with Gasteiger partial charge < -0.3 is 15.0 Å². The highest BCUT2D eigenvalue weighted by atomic mass is 16.3. The van der Waals surface area contributed by atoms with Crippen LogP contribution in [0.1, 0.15) is 67.9 Å². The molecule has 4 nitrogen and oxygen atoms in total. The maximum atomic E-state index is 12.5. The van der Waals surface area contributed by atoms with Gasteiger partial charge in [0.1, 0.15) is 5.69 Å². The molecule has 1 amide bonds. The largest absolute Gasteiger partial charge is 0.396 e. The topological polar surface area (TPSA) is 54.3 Å². The number of aromatic nitrogens is 1. The lowest BCUT2D eigenvalue weighted by molar-refractivity contribution is 0.0711. The first-order valence-electron chi connectivity index (χ1n) is 8.30. The Labute approximate surface area is 126 Å². The van der Waals surface area contributed by atoms with Gasteiger partial charge in [-0.05, 0) is 44.2 Å². The number of aliphatic hydroxyl groups excluding tert-OH is 1. The molecule has 21 heavy (non-hydrogen) atoms. The SMILES string of the molecule is O=C(NCC1(CO)CCCCC1)c1cccn1C1CCC1. The molecule has 116 valence electrons. The molecule has 2 saturated carbocycles. The number of rotatable bonds is 5. The summed E-state index contributed by atoms with van der Waals surface area (Å²) in [6, 6.07) is 4.36. The molecule has 0 saturated heterocycles. The third-order valence-electron chi connectivity index (χ3n) is 5.35. The third kappa shape index (κ3) is 3.00. The maximum Gasteiger partial charge on any atom is 0.267 e. The van der Waals surface area contributed by atoms with Gasteiger partial charge in [-0.15, -0.1) is 0 Å². The second kappa shape index (κ2) is 6.22. The van der Waals surface area contributed by atoms with Gasteiger partial charge in [-0.3, -0.25) is 4.79 Å². The second-order valence-electron chi connectivity index (χ2n) is 6.79. The van der Waals surface area contributed by atoms with Crippen LogP contribution in [0.4, 0.5) is 0 Å². The van der Waals surface area contributed by atoms with Gasteiger partial charge in [-0.1, -0.05) is 19.3 Å². The molecule has 0 bridgehead atoms. The van der Waals surface area contributed by atoms with Crippen molar-refractivity contribution in [3.8, 4) is 0 Å². The summed E-state index contributed by atoms with van der Waals surface area (Å²) in [5.74, 6) is 0.00491. The van der Waals surface area contributed by atoms with E-state index in [4.69, 9.17) is 0 Å². The van der Waals surface area contributed by atoms with Crippen molar-refractivity contribution in [1.82, 2.24) is 9.88 Å². The van der Waals surface area contributed by atoms with E-state index in [2.05, 4.69) is 9.88 Å². The highest BCUT2D eigenvalue weighted by Crippen LogP contribution is 2.35. The van der Waals surface area contributed by atoms with Crippen LogP contribution in [0.5, 0.6) is 0 Å². The van der Waals surface area contributed by atoms with Crippen LogP contribution in [0, 0.1) is 5.41 Å². The van der Waals surface area contributed by atoms with E-state index >= 15 is 0 Å². The molecule has 0 unspecified atom stereocenters. The van der Waals surface area contributed by atoms with E-state index in [0.29, 0.717) is 12.6 Å². The molecular weight excluding hydrogens is 264 g/mol. The number of carbonyl (C=O) groups excluding carboxylic acids is 1. The first kappa shape index (κ1) is 14.6. The third-order valence-corrected chi connectivity index (χ3v) is 5.35. The molecule has 1 aromatic heterocycles. The molecule has 2 N–H and O–H groups in total. The van der Waals surface area contributed by atoms with Crippen molar-refractivity contribution in [2.75, 3.05) is 13.2 Å². The molecule has 0 radical (unpaired) electrons. The monoisotopic (exact) mass is 290 g/mol. The summed E-state index contributed by atoms with van der Waals surface area (Å²) in [6.45, 7) is 0.773. The normalized spacial score (nSPS) is 21.8.